The highest BCUT2D eigenvalue weighted by Crippen LogP contribution is 2.40. The maximum absolute atomic E-state index is 13.2. The number of carboxylic acids is 1. The molecule has 1 atom stereocenters. The third-order valence-electron chi connectivity index (χ3n) is 7.50. The Morgan fingerprint density at radius 3 is 2.54 bits per heavy atom. The van der Waals surface area contributed by atoms with Crippen LogP contribution in [0.1, 0.15) is 32.1 Å². The molecule has 12 nitrogen and oxygen atoms in total. The lowest BCUT2D eigenvalue weighted by molar-refractivity contribution is -0.138. The number of benzene rings is 2. The first-order chi connectivity index (χ1) is 19.7. The smallest absolute Gasteiger partial charge is 0.323 e. The molecule has 1 aliphatic heterocycles. The molecule has 0 radical (unpaired) electrons. The molecule has 0 bridgehead atoms. The molecule has 2 aromatic carbocycles. The normalized spacial score (nSPS) is 21.1. The largest absolute Gasteiger partial charge is 0.480 e. The van der Waals surface area contributed by atoms with Gasteiger partial charge in [0, 0.05) is 37.5 Å². The van der Waals surface area contributed by atoms with Gasteiger partial charge >= 0.3 is 5.97 Å². The Kier molecular flexibility index (Phi) is 8.36. The number of imidazole rings is 1. The van der Waals surface area contributed by atoms with Crippen molar-refractivity contribution in [2.24, 2.45) is 11.1 Å². The van der Waals surface area contributed by atoms with E-state index in [0.717, 1.165) is 38.2 Å². The molecule has 1 fully saturated rings. The van der Waals surface area contributed by atoms with Crippen LogP contribution in [0.3, 0.4) is 0 Å². The van der Waals surface area contributed by atoms with Gasteiger partial charge in [0.05, 0.1) is 4.90 Å². The van der Waals surface area contributed by atoms with Crippen LogP contribution < -0.4 is 15.4 Å². The number of nitrogens with zero attached hydrogens (tertiary/aromatic N) is 2. The second kappa shape index (κ2) is 12.1. The molecule has 5 N–H and O–H groups in total. The molecular weight excluding hydrogens is 548 g/mol. The third-order valence-corrected chi connectivity index (χ3v) is 9.03. The number of hydrogen-bond donors (Lipinski definition) is 5. The molecule has 216 valence electrons. The summed E-state index contributed by atoms with van der Waals surface area (Å²) in [5.41, 5.74) is 0.717. The highest BCUT2D eigenvalue weighted by molar-refractivity contribution is 7.89. The number of aromatic amines is 1. The van der Waals surface area contributed by atoms with Crippen molar-refractivity contribution in [3.05, 3.63) is 67.0 Å². The first-order valence-corrected chi connectivity index (χ1v) is 14.9. The van der Waals surface area contributed by atoms with Gasteiger partial charge in [0.1, 0.15) is 17.4 Å². The van der Waals surface area contributed by atoms with Crippen molar-refractivity contribution in [2.45, 2.75) is 48.6 Å². The van der Waals surface area contributed by atoms with Gasteiger partial charge in [0.25, 0.3) is 5.91 Å². The minimum absolute atomic E-state index is 0.0609. The van der Waals surface area contributed by atoms with E-state index in [0.29, 0.717) is 23.5 Å². The highest BCUT2D eigenvalue weighted by atomic mass is 32.2. The summed E-state index contributed by atoms with van der Waals surface area (Å²) in [6.45, 7) is 0.313. The fraction of sp³-hybridized carbons (Fsp3) is 0.357. The summed E-state index contributed by atoms with van der Waals surface area (Å²) in [4.78, 5) is 37.7. The Hall–Kier alpha value is -4.23. The van der Waals surface area contributed by atoms with Crippen LogP contribution in [0.25, 0.3) is 11.1 Å². The van der Waals surface area contributed by atoms with E-state index < -0.39 is 40.1 Å². The molecule has 1 amide bonds. The summed E-state index contributed by atoms with van der Waals surface area (Å²) in [5, 5.41) is 19.5. The molecule has 41 heavy (non-hydrogen) atoms. The van der Waals surface area contributed by atoms with Gasteiger partial charge in [-0.1, -0.05) is 53.7 Å². The molecular formula is C28H32N6O6S. The number of carbonyl (C=O) groups is 2. The second-order valence-electron chi connectivity index (χ2n) is 10.3. The quantitative estimate of drug-likeness (QED) is 0.230. The molecule has 0 saturated heterocycles. The van der Waals surface area contributed by atoms with Crippen molar-refractivity contribution < 1.29 is 28.0 Å². The summed E-state index contributed by atoms with van der Waals surface area (Å²) < 4.78 is 28.7. The van der Waals surface area contributed by atoms with Gasteiger partial charge in [0.2, 0.25) is 10.0 Å². The molecule has 13 heteroatoms. The number of nitrogens with one attached hydrogen (secondary N) is 4. The van der Waals surface area contributed by atoms with Gasteiger partial charge in [-0.15, -0.1) is 0 Å². The average Bonchev–Trinajstić information content (AvgIpc) is 3.66. The topological polar surface area (TPSA) is 175 Å². The zero-order valence-electron chi connectivity index (χ0n) is 22.2. The van der Waals surface area contributed by atoms with Gasteiger partial charge in [0.15, 0.2) is 5.95 Å². The van der Waals surface area contributed by atoms with Crippen molar-refractivity contribution >= 4 is 33.6 Å². The molecule has 1 spiro atoms. The van der Waals surface area contributed by atoms with Gasteiger partial charge in [-0.3, -0.25) is 9.59 Å². The number of carbonyl (C=O) groups excluding carboxylic acids is 1. The summed E-state index contributed by atoms with van der Waals surface area (Å²) in [6, 6.07) is 13.7. The lowest BCUT2D eigenvalue weighted by Crippen LogP contribution is -2.49. The predicted octanol–water partition coefficient (Wildman–Crippen LogP) is 2.74. The minimum atomic E-state index is -4.25. The van der Waals surface area contributed by atoms with Crippen LogP contribution in [0, 0.1) is 5.92 Å². The molecule has 1 aliphatic carbocycles. The minimum Gasteiger partial charge on any atom is -0.480 e. The van der Waals surface area contributed by atoms with Crippen molar-refractivity contribution in [3.8, 4) is 11.1 Å². The van der Waals surface area contributed by atoms with Gasteiger partial charge in [-0.25, -0.2) is 13.4 Å². The molecule has 5 rings (SSSR count). The van der Waals surface area contributed by atoms with E-state index in [1.807, 2.05) is 6.07 Å². The third kappa shape index (κ3) is 6.74. The summed E-state index contributed by atoms with van der Waals surface area (Å²) in [6.07, 6.45) is 7.01. The maximum Gasteiger partial charge on any atom is 0.323 e. The summed E-state index contributed by atoms with van der Waals surface area (Å²) >= 11 is 0. The van der Waals surface area contributed by atoms with Crippen molar-refractivity contribution in [3.63, 3.8) is 0 Å². The number of anilines is 1. The number of carboxylic acid groups (broad SMARTS) is 1. The SMILES string of the molecule is O=C(NC[C@H](NS(=O)(=O)c1ccccc1-c1ccccc1)C(=O)O)C1=NOC2(CCC(CNc3ncc[nH]3)CC2)C1. The van der Waals surface area contributed by atoms with E-state index in [-0.39, 0.29) is 10.6 Å². The molecule has 3 aromatic rings. The molecule has 1 aromatic heterocycles. The number of hydrogen-bond acceptors (Lipinski definition) is 8. The molecule has 0 unspecified atom stereocenters. The van der Waals surface area contributed by atoms with Gasteiger partial charge < -0.3 is 25.6 Å². The van der Waals surface area contributed by atoms with E-state index in [1.165, 1.54) is 6.07 Å². The second-order valence-corrected chi connectivity index (χ2v) is 12.0. The zero-order chi connectivity index (χ0) is 28.9. The first kappa shape index (κ1) is 28.3. The fourth-order valence-corrected chi connectivity index (χ4v) is 6.63. The zero-order valence-corrected chi connectivity index (χ0v) is 23.1. The van der Waals surface area contributed by atoms with Crippen LogP contribution in [0.5, 0.6) is 0 Å². The molecule has 2 aliphatic rings. The first-order valence-electron chi connectivity index (χ1n) is 13.4. The molecule has 2 heterocycles. The van der Waals surface area contributed by atoms with Gasteiger partial charge in [-0.2, -0.15) is 4.72 Å². The summed E-state index contributed by atoms with van der Waals surface area (Å²) in [5.74, 6) is -0.845. The Bertz CT molecular complexity index is 1500. The van der Waals surface area contributed by atoms with Crippen LogP contribution in [0.15, 0.2) is 77.0 Å². The number of amides is 1. The van der Waals surface area contributed by atoms with Crippen LogP contribution in [0.2, 0.25) is 0 Å². The van der Waals surface area contributed by atoms with E-state index >= 15 is 0 Å². The number of aromatic nitrogens is 2. The van der Waals surface area contributed by atoms with Crippen LogP contribution >= 0.6 is 0 Å². The Labute approximate surface area is 237 Å². The number of sulfonamides is 1. The Morgan fingerprint density at radius 2 is 1.83 bits per heavy atom. The maximum atomic E-state index is 13.2. The fourth-order valence-electron chi connectivity index (χ4n) is 5.21. The number of oxime groups is 1. The summed E-state index contributed by atoms with van der Waals surface area (Å²) in [7, 11) is -4.25. The van der Waals surface area contributed by atoms with Crippen molar-refractivity contribution in [1.82, 2.24) is 20.0 Å². The lowest BCUT2D eigenvalue weighted by Gasteiger charge is -2.34. The van der Waals surface area contributed by atoms with Crippen LogP contribution in [0.4, 0.5) is 5.95 Å². The van der Waals surface area contributed by atoms with Crippen LogP contribution in [-0.2, 0) is 24.4 Å². The Balaban J connectivity index is 1.15. The number of H-pyrrole nitrogens is 1. The number of rotatable bonds is 11. The van der Waals surface area contributed by atoms with Crippen molar-refractivity contribution in [1.29, 1.82) is 0 Å². The van der Waals surface area contributed by atoms with E-state index in [2.05, 4.69) is 30.5 Å². The van der Waals surface area contributed by atoms with Gasteiger partial charge in [-0.05, 0) is 43.2 Å². The number of aliphatic carboxylic acids is 1. The van der Waals surface area contributed by atoms with Crippen LogP contribution in [-0.4, -0.2) is 65.8 Å². The van der Waals surface area contributed by atoms with E-state index in [1.54, 1.807) is 54.9 Å². The standard InChI is InChI=1S/C28H32N6O6S/c35-25(22-16-28(40-33-22)12-10-19(11-13-28)17-32-27-29-14-15-30-27)31-18-23(26(36)37)34-41(38,39)24-9-5-4-8-21(24)20-6-2-1-3-7-20/h1-9,14-15,19,23,34H,10-13,16-18H2,(H,31,35)(H,36,37)(H2,29,30,32)/t19?,23-,28?/m0/s1. The van der Waals surface area contributed by atoms with Crippen molar-refractivity contribution in [2.75, 3.05) is 18.4 Å². The predicted molar refractivity (Wildman–Crippen MR) is 152 cm³/mol. The van der Waals surface area contributed by atoms with E-state index in [4.69, 9.17) is 4.84 Å². The highest BCUT2D eigenvalue weighted by Gasteiger charge is 2.44. The Morgan fingerprint density at radius 1 is 1.10 bits per heavy atom. The molecule has 1 saturated carbocycles. The average molecular weight is 581 g/mol. The lowest BCUT2D eigenvalue weighted by atomic mass is 9.76. The van der Waals surface area contributed by atoms with E-state index in [9.17, 15) is 23.1 Å². The monoisotopic (exact) mass is 580 g/mol.